The average Bonchev–Trinajstić information content (AvgIpc) is 3.30. The number of halogens is 3. The maximum Gasteiger partial charge on any atom is 0.242 e. The number of amides is 3. The van der Waals surface area contributed by atoms with Gasteiger partial charge in [0.1, 0.15) is 27.6 Å². The summed E-state index contributed by atoms with van der Waals surface area (Å²) in [6, 6.07) is 15.4. The van der Waals surface area contributed by atoms with E-state index in [-0.39, 0.29) is 36.4 Å². The van der Waals surface area contributed by atoms with E-state index >= 15 is 4.39 Å². The molecule has 0 radical (unpaired) electrons. The van der Waals surface area contributed by atoms with Crippen LogP contribution in [0, 0.1) is 12.7 Å². The highest BCUT2D eigenvalue weighted by atomic mass is 35.5. The van der Waals surface area contributed by atoms with Crippen LogP contribution in [0.4, 0.5) is 10.1 Å². The molecule has 3 heterocycles. The minimum Gasteiger partial charge on any atom is -0.339 e. The molecule has 13 heteroatoms. The molecule has 3 amide bonds. The second-order valence-electron chi connectivity index (χ2n) is 13.0. The summed E-state index contributed by atoms with van der Waals surface area (Å²) in [5.74, 6) is -2.15. The van der Waals surface area contributed by atoms with Crippen LogP contribution in [0.3, 0.4) is 0 Å². The van der Waals surface area contributed by atoms with E-state index in [0.29, 0.717) is 77.1 Å². The van der Waals surface area contributed by atoms with E-state index < -0.39 is 33.0 Å². The van der Waals surface area contributed by atoms with Crippen molar-refractivity contribution in [2.24, 2.45) is 0 Å². The van der Waals surface area contributed by atoms with Gasteiger partial charge in [-0.15, -0.1) is 0 Å². The monoisotopic (exact) mass is 714 g/mol. The number of hydrogen-bond acceptors (Lipinski definition) is 6. The normalized spacial score (nSPS) is 23.0. The summed E-state index contributed by atoms with van der Waals surface area (Å²) < 4.78 is 38.2. The number of likely N-dealkylation sites (tertiary alicyclic amines) is 1. The van der Waals surface area contributed by atoms with Gasteiger partial charge < -0.3 is 15.1 Å². The number of rotatable bonds is 8. The molecule has 0 bridgehead atoms. The smallest absolute Gasteiger partial charge is 0.242 e. The summed E-state index contributed by atoms with van der Waals surface area (Å²) >= 11 is 12.8. The van der Waals surface area contributed by atoms with E-state index in [1.54, 1.807) is 54.3 Å². The molecule has 3 aliphatic rings. The van der Waals surface area contributed by atoms with Gasteiger partial charge >= 0.3 is 0 Å². The zero-order valence-electron chi connectivity index (χ0n) is 26.7. The Bertz CT molecular complexity index is 1880. The Balaban J connectivity index is 1.41. The molecule has 0 saturated carbocycles. The van der Waals surface area contributed by atoms with Gasteiger partial charge in [-0.05, 0) is 78.5 Å². The SMILES string of the molecule is Cc1ccc(F)cc1[C@H]1N(CC(=O)N2CCN(CCCS(C)(=O)=O)CC2)C(=O)C[C@@H](c2cccc(Cl)c2)[C@]12C(=O)Nc1cc(Cl)ccc12. The largest absolute Gasteiger partial charge is 0.339 e. The van der Waals surface area contributed by atoms with Crippen LogP contribution in [-0.4, -0.2) is 92.1 Å². The summed E-state index contributed by atoms with van der Waals surface area (Å²) in [6.07, 6.45) is 1.63. The number of piperidine rings is 1. The van der Waals surface area contributed by atoms with Gasteiger partial charge in [-0.25, -0.2) is 12.8 Å². The fourth-order valence-electron chi connectivity index (χ4n) is 7.60. The number of benzene rings is 3. The zero-order chi connectivity index (χ0) is 34.4. The lowest BCUT2D eigenvalue weighted by atomic mass is 9.58. The third-order valence-electron chi connectivity index (χ3n) is 9.85. The number of anilines is 1. The average molecular weight is 716 g/mol. The van der Waals surface area contributed by atoms with E-state index in [9.17, 15) is 22.8 Å². The quantitative estimate of drug-likeness (QED) is 0.354. The molecule has 9 nitrogen and oxygen atoms in total. The molecular weight excluding hydrogens is 678 g/mol. The van der Waals surface area contributed by atoms with Crippen molar-refractivity contribution in [3.63, 3.8) is 0 Å². The summed E-state index contributed by atoms with van der Waals surface area (Å²) in [5, 5.41) is 3.86. The van der Waals surface area contributed by atoms with Crippen LogP contribution in [0.1, 0.15) is 47.1 Å². The molecule has 6 rings (SSSR count). The highest BCUT2D eigenvalue weighted by Gasteiger charge is 2.64. The highest BCUT2D eigenvalue weighted by Crippen LogP contribution is 2.60. The van der Waals surface area contributed by atoms with Crippen molar-refractivity contribution in [1.29, 1.82) is 0 Å². The summed E-state index contributed by atoms with van der Waals surface area (Å²) in [4.78, 5) is 48.2. The van der Waals surface area contributed by atoms with Crippen molar-refractivity contribution in [3.05, 3.63) is 98.8 Å². The number of carbonyl (C=O) groups excluding carboxylic acids is 3. The fraction of sp³-hybridized carbons (Fsp3) is 0.400. The minimum absolute atomic E-state index is 0.0952. The van der Waals surface area contributed by atoms with Gasteiger partial charge in [-0.3, -0.25) is 19.3 Å². The van der Waals surface area contributed by atoms with E-state index in [1.807, 2.05) is 6.07 Å². The summed E-state index contributed by atoms with van der Waals surface area (Å²) in [6.45, 7) is 4.03. The third-order valence-corrected chi connectivity index (χ3v) is 11.4. The second-order valence-corrected chi connectivity index (χ2v) is 16.1. The molecule has 0 aromatic heterocycles. The standard InChI is InChI=1S/C35H37Cl2FN4O5S/c1-22-7-9-26(38)19-27(22)33-35(28-10-8-25(37)18-30(28)39-34(35)45)29(23-5-3-6-24(36)17-23)20-31(43)42(33)21-32(44)41-14-12-40(13-15-41)11-4-16-48(2,46)47/h3,5-10,17-19,29,33H,4,11-16,20-21H2,1-2H3,(H,39,45)/t29-,33+,35-/m0/s1. The molecule has 254 valence electrons. The van der Waals surface area contributed by atoms with Crippen LogP contribution < -0.4 is 5.32 Å². The summed E-state index contributed by atoms with van der Waals surface area (Å²) in [5.41, 5.74) is 1.39. The van der Waals surface area contributed by atoms with Crippen LogP contribution >= 0.6 is 23.2 Å². The third kappa shape index (κ3) is 6.57. The minimum atomic E-state index is -3.06. The molecule has 3 atom stereocenters. The Kier molecular flexibility index (Phi) is 9.61. The van der Waals surface area contributed by atoms with Crippen LogP contribution in [0.2, 0.25) is 10.0 Å². The number of nitrogens with zero attached hydrogens (tertiary/aromatic N) is 3. The maximum atomic E-state index is 15.1. The second kappa shape index (κ2) is 13.4. The molecule has 1 spiro atoms. The molecule has 2 saturated heterocycles. The van der Waals surface area contributed by atoms with Crippen molar-refractivity contribution in [2.75, 3.05) is 56.6 Å². The lowest BCUT2D eigenvalue weighted by Gasteiger charge is -2.52. The maximum absolute atomic E-state index is 15.1. The van der Waals surface area contributed by atoms with Crippen molar-refractivity contribution in [1.82, 2.24) is 14.7 Å². The van der Waals surface area contributed by atoms with E-state index in [0.717, 1.165) is 0 Å². The van der Waals surface area contributed by atoms with Gasteiger partial charge in [0.25, 0.3) is 0 Å². The Morgan fingerprint density at radius 2 is 1.73 bits per heavy atom. The van der Waals surface area contributed by atoms with E-state index in [2.05, 4.69) is 10.2 Å². The Morgan fingerprint density at radius 1 is 1.00 bits per heavy atom. The molecule has 3 aliphatic heterocycles. The molecule has 2 fully saturated rings. The lowest BCUT2D eigenvalue weighted by Crippen LogP contribution is -2.60. The van der Waals surface area contributed by atoms with Crippen LogP contribution in [-0.2, 0) is 29.6 Å². The molecular formula is C35H37Cl2FN4O5S. The number of piperazine rings is 1. The van der Waals surface area contributed by atoms with Crippen LogP contribution in [0.15, 0.2) is 60.7 Å². The molecule has 0 aliphatic carbocycles. The topological polar surface area (TPSA) is 107 Å². The zero-order valence-corrected chi connectivity index (χ0v) is 29.0. The van der Waals surface area contributed by atoms with Crippen molar-refractivity contribution < 1.29 is 27.2 Å². The first kappa shape index (κ1) is 34.4. The molecule has 1 N–H and O–H groups in total. The number of nitrogens with one attached hydrogen (secondary N) is 1. The molecule has 3 aromatic rings. The first-order chi connectivity index (χ1) is 22.8. The van der Waals surface area contributed by atoms with Crippen molar-refractivity contribution >= 4 is 56.4 Å². The van der Waals surface area contributed by atoms with Crippen molar-refractivity contribution in [2.45, 2.75) is 37.1 Å². The number of hydrogen-bond donors (Lipinski definition) is 1. The number of sulfone groups is 1. The van der Waals surface area contributed by atoms with E-state index in [4.69, 9.17) is 23.2 Å². The number of fused-ring (bicyclic) bond motifs is 2. The van der Waals surface area contributed by atoms with Gasteiger partial charge in [-0.1, -0.05) is 47.5 Å². The predicted octanol–water partition coefficient (Wildman–Crippen LogP) is 4.97. The lowest BCUT2D eigenvalue weighted by molar-refractivity contribution is -0.152. The number of aryl methyl sites for hydroxylation is 1. The van der Waals surface area contributed by atoms with Crippen LogP contribution in [0.25, 0.3) is 0 Å². The Hall–Kier alpha value is -3.51. The molecule has 3 aromatic carbocycles. The molecule has 0 unspecified atom stereocenters. The van der Waals surface area contributed by atoms with Crippen molar-refractivity contribution in [3.8, 4) is 0 Å². The Morgan fingerprint density at radius 3 is 2.44 bits per heavy atom. The fourth-order valence-corrected chi connectivity index (χ4v) is 8.62. The van der Waals surface area contributed by atoms with Gasteiger partial charge in [0.15, 0.2) is 0 Å². The van der Waals surface area contributed by atoms with Gasteiger partial charge in [0.05, 0.1) is 11.8 Å². The summed E-state index contributed by atoms with van der Waals surface area (Å²) in [7, 11) is -3.06. The van der Waals surface area contributed by atoms with Crippen LogP contribution in [0.5, 0.6) is 0 Å². The number of carbonyl (C=O) groups is 3. The van der Waals surface area contributed by atoms with Gasteiger partial charge in [0.2, 0.25) is 17.7 Å². The first-order valence-corrected chi connectivity index (χ1v) is 18.7. The Labute approximate surface area is 289 Å². The van der Waals surface area contributed by atoms with E-state index in [1.165, 1.54) is 23.3 Å². The van der Waals surface area contributed by atoms with Gasteiger partial charge in [0, 0.05) is 60.5 Å². The molecule has 48 heavy (non-hydrogen) atoms. The highest BCUT2D eigenvalue weighted by molar-refractivity contribution is 7.90. The first-order valence-electron chi connectivity index (χ1n) is 15.9. The predicted molar refractivity (Wildman–Crippen MR) is 184 cm³/mol. The van der Waals surface area contributed by atoms with Gasteiger partial charge in [-0.2, -0.15) is 0 Å².